The molecule has 0 amide bonds. The zero-order valence-corrected chi connectivity index (χ0v) is 24.4. The summed E-state index contributed by atoms with van der Waals surface area (Å²) < 4.78 is 0. The van der Waals surface area contributed by atoms with Crippen LogP contribution in [0.1, 0.15) is 67.2 Å². The Morgan fingerprint density at radius 3 is 1.55 bits per heavy atom. The lowest BCUT2D eigenvalue weighted by Gasteiger charge is -2.56. The number of hydrogen-bond acceptors (Lipinski definition) is 2. The van der Waals surface area contributed by atoms with E-state index in [4.69, 9.17) is 0 Å². The van der Waals surface area contributed by atoms with Crippen molar-refractivity contribution >= 4 is 5.69 Å². The third-order valence-corrected chi connectivity index (χ3v) is 8.49. The van der Waals surface area contributed by atoms with Crippen LogP contribution in [0.2, 0.25) is 0 Å². The van der Waals surface area contributed by atoms with Crippen LogP contribution in [0.5, 0.6) is 0 Å². The van der Waals surface area contributed by atoms with Crippen LogP contribution in [0, 0.1) is 55.4 Å². The molecule has 1 saturated heterocycles. The fourth-order valence-corrected chi connectivity index (χ4v) is 6.93. The van der Waals surface area contributed by atoms with Crippen molar-refractivity contribution < 1.29 is 0 Å². The van der Waals surface area contributed by atoms with Gasteiger partial charge in [-0.15, -0.1) is 0 Å². The summed E-state index contributed by atoms with van der Waals surface area (Å²) in [6, 6.07) is 28.1. The summed E-state index contributed by atoms with van der Waals surface area (Å²) >= 11 is 0. The van der Waals surface area contributed by atoms with Crippen LogP contribution >= 0.6 is 0 Å². The molecule has 0 aromatic heterocycles. The first-order chi connectivity index (χ1) is 18.1. The summed E-state index contributed by atoms with van der Waals surface area (Å²) in [4.78, 5) is 2.72. The minimum atomic E-state index is -0.437. The Bertz CT molecular complexity index is 1380. The minimum absolute atomic E-state index is 0.0698. The van der Waals surface area contributed by atoms with Crippen LogP contribution in [0.15, 0.2) is 72.8 Å². The summed E-state index contributed by atoms with van der Waals surface area (Å²) in [6.07, 6.45) is 0. The van der Waals surface area contributed by atoms with Gasteiger partial charge in [-0.05, 0) is 100 Å². The first-order valence-corrected chi connectivity index (χ1v) is 13.9. The van der Waals surface area contributed by atoms with Crippen molar-refractivity contribution in [2.24, 2.45) is 0 Å². The third kappa shape index (κ3) is 4.35. The number of aryl methyl sites for hydroxylation is 8. The zero-order chi connectivity index (χ0) is 27.2. The third-order valence-electron chi connectivity index (χ3n) is 8.49. The number of rotatable bonds is 4. The van der Waals surface area contributed by atoms with Gasteiger partial charge in [0, 0.05) is 18.8 Å². The fourth-order valence-electron chi connectivity index (χ4n) is 6.93. The molecule has 2 nitrogen and oxygen atoms in total. The Labute approximate surface area is 229 Å². The SMILES string of the molecule is Cc1ccc(C2NCCN(c3ccc(C)cc3C)C2(c2ccc(C)cc2C)c2ccc(C)cc2C)c(C)c1. The van der Waals surface area contributed by atoms with Gasteiger partial charge >= 0.3 is 0 Å². The van der Waals surface area contributed by atoms with E-state index in [1.807, 2.05) is 0 Å². The highest BCUT2D eigenvalue weighted by Gasteiger charge is 2.52. The first-order valence-electron chi connectivity index (χ1n) is 13.9. The molecule has 0 saturated carbocycles. The van der Waals surface area contributed by atoms with E-state index in [1.165, 1.54) is 66.9 Å². The van der Waals surface area contributed by atoms with Crippen molar-refractivity contribution in [3.8, 4) is 0 Å². The van der Waals surface area contributed by atoms with Crippen molar-refractivity contribution in [2.45, 2.75) is 67.0 Å². The van der Waals surface area contributed by atoms with Crippen molar-refractivity contribution in [1.82, 2.24) is 5.32 Å². The maximum absolute atomic E-state index is 4.06. The first kappa shape index (κ1) is 26.3. The molecule has 0 spiro atoms. The molecule has 38 heavy (non-hydrogen) atoms. The van der Waals surface area contributed by atoms with Crippen molar-refractivity contribution in [2.75, 3.05) is 18.0 Å². The largest absolute Gasteiger partial charge is 0.354 e. The molecular formula is C36H42N2. The summed E-state index contributed by atoms with van der Waals surface area (Å²) in [5, 5.41) is 4.06. The van der Waals surface area contributed by atoms with Crippen LogP contribution in [-0.2, 0) is 5.54 Å². The second-order valence-electron chi connectivity index (χ2n) is 11.6. The maximum atomic E-state index is 4.06. The van der Waals surface area contributed by atoms with Crippen molar-refractivity contribution in [3.05, 3.63) is 134 Å². The molecule has 4 aromatic carbocycles. The lowest BCUT2D eigenvalue weighted by Crippen LogP contribution is -2.62. The van der Waals surface area contributed by atoms with Gasteiger partial charge in [-0.25, -0.2) is 0 Å². The second-order valence-corrected chi connectivity index (χ2v) is 11.6. The topological polar surface area (TPSA) is 15.3 Å². The Morgan fingerprint density at radius 1 is 0.579 bits per heavy atom. The highest BCUT2D eigenvalue weighted by molar-refractivity contribution is 5.66. The van der Waals surface area contributed by atoms with E-state index in [-0.39, 0.29) is 6.04 Å². The average molecular weight is 503 g/mol. The molecule has 1 atom stereocenters. The quantitative estimate of drug-likeness (QED) is 0.302. The summed E-state index contributed by atoms with van der Waals surface area (Å²) in [6.45, 7) is 19.7. The number of benzene rings is 4. The van der Waals surface area contributed by atoms with Crippen LogP contribution in [-0.4, -0.2) is 13.1 Å². The average Bonchev–Trinajstić information content (AvgIpc) is 2.84. The molecule has 1 aliphatic rings. The van der Waals surface area contributed by atoms with E-state index in [1.54, 1.807) is 0 Å². The number of hydrogen-bond donors (Lipinski definition) is 1. The number of piperazine rings is 1. The Balaban J connectivity index is 1.94. The van der Waals surface area contributed by atoms with Gasteiger partial charge < -0.3 is 10.2 Å². The summed E-state index contributed by atoms with van der Waals surface area (Å²) in [7, 11) is 0. The fraction of sp³-hybridized carbons (Fsp3) is 0.333. The summed E-state index contributed by atoms with van der Waals surface area (Å²) in [5.41, 5.74) is 15.5. The number of nitrogens with one attached hydrogen (secondary N) is 1. The maximum Gasteiger partial charge on any atom is 0.111 e. The molecule has 1 fully saturated rings. The molecule has 4 aromatic rings. The Morgan fingerprint density at radius 2 is 1.05 bits per heavy atom. The smallest absolute Gasteiger partial charge is 0.111 e. The lowest BCUT2D eigenvalue weighted by molar-refractivity contribution is 0.287. The van der Waals surface area contributed by atoms with Gasteiger partial charge in [-0.3, -0.25) is 0 Å². The molecule has 1 aliphatic heterocycles. The molecule has 0 bridgehead atoms. The molecule has 196 valence electrons. The molecule has 5 rings (SSSR count). The van der Waals surface area contributed by atoms with Gasteiger partial charge in [-0.2, -0.15) is 0 Å². The van der Waals surface area contributed by atoms with E-state index >= 15 is 0 Å². The molecule has 2 heteroatoms. The van der Waals surface area contributed by atoms with E-state index in [9.17, 15) is 0 Å². The van der Waals surface area contributed by atoms with E-state index in [0.29, 0.717) is 0 Å². The molecular weight excluding hydrogens is 460 g/mol. The summed E-state index contributed by atoms with van der Waals surface area (Å²) in [5.74, 6) is 0. The molecule has 1 N–H and O–H groups in total. The second kappa shape index (κ2) is 10.1. The Hall–Kier alpha value is -3.36. The standard InChI is InChI=1S/C36H42N2/c1-23-9-13-31(27(5)19-23)35-36(32-14-10-24(2)20-28(32)6,33-15-11-25(3)21-29(33)7)38(18-17-37-35)34-16-12-26(4)22-30(34)8/h9-16,19-22,35,37H,17-18H2,1-8H3. The zero-order valence-electron chi connectivity index (χ0n) is 24.4. The minimum Gasteiger partial charge on any atom is -0.354 e. The Kier molecular flexibility index (Phi) is 6.96. The van der Waals surface area contributed by atoms with Gasteiger partial charge in [0.05, 0.1) is 6.04 Å². The van der Waals surface area contributed by atoms with Crippen LogP contribution < -0.4 is 10.2 Å². The highest BCUT2D eigenvalue weighted by Crippen LogP contribution is 2.52. The highest BCUT2D eigenvalue weighted by atomic mass is 15.3. The normalized spacial score (nSPS) is 17.1. The molecule has 1 heterocycles. The van der Waals surface area contributed by atoms with Crippen molar-refractivity contribution in [3.63, 3.8) is 0 Å². The van der Waals surface area contributed by atoms with Gasteiger partial charge in [0.2, 0.25) is 0 Å². The number of anilines is 1. The molecule has 0 aliphatic carbocycles. The van der Waals surface area contributed by atoms with Gasteiger partial charge in [0.1, 0.15) is 5.54 Å². The van der Waals surface area contributed by atoms with Crippen LogP contribution in [0.25, 0.3) is 0 Å². The predicted molar refractivity (Wildman–Crippen MR) is 163 cm³/mol. The number of nitrogens with zero attached hydrogens (tertiary/aromatic N) is 1. The monoisotopic (exact) mass is 502 g/mol. The van der Waals surface area contributed by atoms with Crippen LogP contribution in [0.4, 0.5) is 5.69 Å². The van der Waals surface area contributed by atoms with Gasteiger partial charge in [-0.1, -0.05) is 89.0 Å². The van der Waals surface area contributed by atoms with Gasteiger partial charge in [0.15, 0.2) is 0 Å². The van der Waals surface area contributed by atoms with E-state index in [2.05, 4.69) is 138 Å². The van der Waals surface area contributed by atoms with Gasteiger partial charge in [0.25, 0.3) is 0 Å². The predicted octanol–water partition coefficient (Wildman–Crippen LogP) is 8.25. The lowest BCUT2D eigenvalue weighted by atomic mass is 9.68. The van der Waals surface area contributed by atoms with E-state index < -0.39 is 5.54 Å². The van der Waals surface area contributed by atoms with E-state index in [0.717, 1.165) is 13.1 Å². The molecule has 1 unspecified atom stereocenters. The molecule has 0 radical (unpaired) electrons. The van der Waals surface area contributed by atoms with Crippen LogP contribution in [0.3, 0.4) is 0 Å². The van der Waals surface area contributed by atoms with Crippen molar-refractivity contribution in [1.29, 1.82) is 0 Å².